The summed E-state index contributed by atoms with van der Waals surface area (Å²) in [5.41, 5.74) is -0.186. The maximum atomic E-state index is 13.6. The first-order valence-corrected chi connectivity index (χ1v) is 10.4. The zero-order chi connectivity index (χ0) is 24.6. The Kier molecular flexibility index (Phi) is 6.28. The minimum Gasteiger partial charge on any atom is -0.335 e. The van der Waals surface area contributed by atoms with Crippen LogP contribution < -0.4 is 10.6 Å². The first kappa shape index (κ1) is 23.6. The van der Waals surface area contributed by atoms with E-state index in [1.54, 1.807) is 0 Å². The van der Waals surface area contributed by atoms with Crippen LogP contribution in [0.1, 0.15) is 50.9 Å². The summed E-state index contributed by atoms with van der Waals surface area (Å²) in [4.78, 5) is 57.5. The highest BCUT2D eigenvalue weighted by Crippen LogP contribution is 2.35. The largest absolute Gasteiger partial charge is 0.414 e. The van der Waals surface area contributed by atoms with Gasteiger partial charge in [0.25, 0.3) is 17.7 Å². The Bertz CT molecular complexity index is 1190. The number of hydrogen-bond donors (Lipinski definition) is 2. The molecule has 3 heterocycles. The number of fused-ring (bicyclic) bond motifs is 1. The third-order valence-corrected chi connectivity index (χ3v) is 5.56. The van der Waals surface area contributed by atoms with Crippen LogP contribution in [-0.2, 0) is 21.0 Å². The van der Waals surface area contributed by atoms with Gasteiger partial charge >= 0.3 is 6.18 Å². The molecule has 4 amide bonds. The molecule has 9 nitrogen and oxygen atoms in total. The minimum absolute atomic E-state index is 0.0519. The van der Waals surface area contributed by atoms with Crippen LogP contribution in [0.2, 0.25) is 5.02 Å². The predicted molar refractivity (Wildman–Crippen MR) is 109 cm³/mol. The Labute approximate surface area is 195 Å². The molecule has 2 atom stereocenters. The highest BCUT2D eigenvalue weighted by Gasteiger charge is 2.44. The van der Waals surface area contributed by atoms with Gasteiger partial charge in [0.15, 0.2) is 12.1 Å². The van der Waals surface area contributed by atoms with Gasteiger partial charge in [-0.05, 0) is 42.3 Å². The summed E-state index contributed by atoms with van der Waals surface area (Å²) in [5.74, 6) is -2.75. The van der Waals surface area contributed by atoms with Gasteiger partial charge in [-0.2, -0.15) is 13.2 Å². The summed E-state index contributed by atoms with van der Waals surface area (Å²) in [6.45, 7) is -0.137. The summed E-state index contributed by atoms with van der Waals surface area (Å²) >= 11 is 5.84. The van der Waals surface area contributed by atoms with E-state index in [4.69, 9.17) is 16.4 Å². The molecule has 13 heteroatoms. The maximum Gasteiger partial charge on any atom is 0.414 e. The lowest BCUT2D eigenvalue weighted by atomic mass is 10.0. The Morgan fingerprint density at radius 3 is 2.71 bits per heavy atom. The highest BCUT2D eigenvalue weighted by atomic mass is 35.5. The van der Waals surface area contributed by atoms with Gasteiger partial charge in [0, 0.05) is 23.7 Å². The van der Waals surface area contributed by atoms with E-state index < -0.39 is 47.6 Å². The van der Waals surface area contributed by atoms with Gasteiger partial charge in [-0.15, -0.1) is 0 Å². The molecule has 0 spiro atoms. The molecule has 34 heavy (non-hydrogen) atoms. The highest BCUT2D eigenvalue weighted by molar-refractivity contribution is 6.31. The number of hydroxylamine groups is 2. The van der Waals surface area contributed by atoms with Crippen molar-refractivity contribution in [3.8, 4) is 0 Å². The van der Waals surface area contributed by atoms with Gasteiger partial charge in [-0.25, -0.2) is 5.06 Å². The zero-order valence-corrected chi connectivity index (χ0v) is 17.9. The smallest absolute Gasteiger partial charge is 0.335 e. The van der Waals surface area contributed by atoms with Crippen molar-refractivity contribution in [2.24, 2.45) is 0 Å². The summed E-state index contributed by atoms with van der Waals surface area (Å²) in [6.07, 6.45) is -4.64. The predicted octanol–water partition coefficient (Wildman–Crippen LogP) is 2.46. The third-order valence-electron chi connectivity index (χ3n) is 5.24. The quantitative estimate of drug-likeness (QED) is 0.614. The van der Waals surface area contributed by atoms with Crippen molar-refractivity contribution in [1.29, 1.82) is 0 Å². The Morgan fingerprint density at radius 1 is 1.26 bits per heavy atom. The van der Waals surface area contributed by atoms with Crippen LogP contribution in [0, 0.1) is 0 Å². The lowest BCUT2D eigenvalue weighted by Gasteiger charge is -2.25. The van der Waals surface area contributed by atoms with Gasteiger partial charge in [0.05, 0.1) is 17.3 Å². The van der Waals surface area contributed by atoms with Crippen LogP contribution in [0.4, 0.5) is 13.2 Å². The molecule has 2 aromatic rings. The number of hydrogen-bond acceptors (Lipinski definition) is 6. The average Bonchev–Trinajstić information content (AvgIpc) is 3.08. The summed E-state index contributed by atoms with van der Waals surface area (Å²) < 4.78 is 40.9. The second kappa shape index (κ2) is 9.03. The first-order chi connectivity index (χ1) is 16.0. The third kappa shape index (κ3) is 4.73. The zero-order valence-electron chi connectivity index (χ0n) is 17.2. The lowest BCUT2D eigenvalue weighted by Crippen LogP contribution is -2.47. The number of aromatic nitrogens is 1. The molecule has 0 saturated carbocycles. The second-order valence-corrected chi connectivity index (χ2v) is 7.98. The molecule has 1 unspecified atom stereocenters. The van der Waals surface area contributed by atoms with Crippen molar-refractivity contribution in [1.82, 2.24) is 20.7 Å². The van der Waals surface area contributed by atoms with E-state index >= 15 is 0 Å². The number of halogens is 4. The van der Waals surface area contributed by atoms with E-state index in [9.17, 15) is 32.3 Å². The van der Waals surface area contributed by atoms with Gasteiger partial charge in [-0.1, -0.05) is 11.6 Å². The van der Waals surface area contributed by atoms with Gasteiger partial charge in [-0.3, -0.25) is 34.3 Å². The normalized spacial score (nSPS) is 19.0. The number of piperidine rings is 1. The molecular weight excluding hydrogens is 481 g/mol. The topological polar surface area (TPSA) is 118 Å². The lowest BCUT2D eigenvalue weighted by molar-refractivity contribution is -0.183. The maximum absolute atomic E-state index is 13.6. The Balaban J connectivity index is 1.50. The van der Waals surface area contributed by atoms with E-state index in [2.05, 4.69) is 10.3 Å². The van der Waals surface area contributed by atoms with Crippen LogP contribution in [-0.4, -0.2) is 46.0 Å². The fourth-order valence-electron chi connectivity index (χ4n) is 3.58. The van der Waals surface area contributed by atoms with Crippen molar-refractivity contribution < 1.29 is 37.2 Å². The van der Waals surface area contributed by atoms with Crippen LogP contribution in [0.3, 0.4) is 0 Å². The van der Waals surface area contributed by atoms with Crippen molar-refractivity contribution in [2.45, 2.75) is 37.7 Å². The fraction of sp³-hybridized carbons (Fsp3) is 0.286. The van der Waals surface area contributed by atoms with Crippen LogP contribution in [0.15, 0.2) is 36.5 Å². The number of nitrogens with zero attached hydrogens (tertiary/aromatic N) is 2. The summed E-state index contributed by atoms with van der Waals surface area (Å²) in [6, 6.07) is 3.90. The monoisotopic (exact) mass is 496 g/mol. The molecule has 0 radical (unpaired) electrons. The second-order valence-electron chi connectivity index (χ2n) is 7.58. The van der Waals surface area contributed by atoms with Crippen molar-refractivity contribution in [3.63, 3.8) is 0 Å². The number of amides is 4. The van der Waals surface area contributed by atoms with Crippen LogP contribution in [0.5, 0.6) is 0 Å². The van der Waals surface area contributed by atoms with Crippen molar-refractivity contribution >= 4 is 35.2 Å². The first-order valence-electron chi connectivity index (χ1n) is 9.98. The van der Waals surface area contributed by atoms with Crippen molar-refractivity contribution in [3.05, 3.63) is 63.9 Å². The Morgan fingerprint density at radius 2 is 2.03 bits per heavy atom. The molecular formula is C21H16ClF3N4O5. The molecule has 0 bridgehead atoms. The number of carbonyl (C=O) groups excluding carboxylic acids is 4. The number of benzene rings is 1. The van der Waals surface area contributed by atoms with E-state index in [-0.39, 0.29) is 35.5 Å². The SMILES string of the molecule is O=C1CCC(ON2Cc3cc(C(=O)N[C@H](c4ncccc4Cl)C(F)(F)F)ccc3C2=O)C(=O)N1. The minimum atomic E-state index is -4.87. The van der Waals surface area contributed by atoms with E-state index in [0.29, 0.717) is 5.56 Å². The van der Waals surface area contributed by atoms with Crippen molar-refractivity contribution in [2.75, 3.05) is 0 Å². The van der Waals surface area contributed by atoms with E-state index in [0.717, 1.165) is 11.3 Å². The molecule has 2 aliphatic rings. The molecule has 1 aromatic heterocycles. The number of alkyl halides is 3. The molecule has 2 N–H and O–H groups in total. The van der Waals surface area contributed by atoms with Gasteiger partial charge in [0.1, 0.15) is 0 Å². The molecule has 2 aliphatic heterocycles. The molecule has 178 valence electrons. The number of imide groups is 1. The van der Waals surface area contributed by atoms with Crippen LogP contribution >= 0.6 is 11.6 Å². The van der Waals surface area contributed by atoms with Gasteiger partial charge in [0.2, 0.25) is 5.91 Å². The molecule has 0 aliphatic carbocycles. The number of nitrogens with one attached hydrogen (secondary N) is 2. The molecule has 4 rings (SSSR count). The Hall–Kier alpha value is -3.51. The fourth-order valence-corrected chi connectivity index (χ4v) is 3.81. The van der Waals surface area contributed by atoms with E-state index in [1.807, 2.05) is 5.32 Å². The average molecular weight is 497 g/mol. The number of carbonyl (C=O) groups is 4. The number of pyridine rings is 1. The van der Waals surface area contributed by atoms with E-state index in [1.165, 1.54) is 30.3 Å². The molecule has 1 aromatic carbocycles. The van der Waals surface area contributed by atoms with Crippen LogP contribution in [0.25, 0.3) is 0 Å². The molecule has 1 saturated heterocycles. The number of rotatable bonds is 5. The summed E-state index contributed by atoms with van der Waals surface area (Å²) in [5, 5.41) is 4.66. The summed E-state index contributed by atoms with van der Waals surface area (Å²) in [7, 11) is 0. The molecule has 1 fully saturated rings. The van der Waals surface area contributed by atoms with Gasteiger partial charge < -0.3 is 5.32 Å². The standard InChI is InChI=1S/C21H16ClF3N4O5/c22-13-2-1-7-26-16(13)17(21(23,24)25)28-18(31)10-3-4-12-11(8-10)9-29(20(12)33)34-14-5-6-15(30)27-19(14)32/h1-4,7-8,14,17H,5-6,9H2,(H,28,31)(H,27,30,32)/t14?,17-/m1/s1.